The van der Waals surface area contributed by atoms with Gasteiger partial charge < -0.3 is 4.74 Å². The number of carbonyl (C=O) groups is 1. The lowest BCUT2D eigenvalue weighted by Gasteiger charge is -2.23. The van der Waals surface area contributed by atoms with E-state index >= 15 is 0 Å². The summed E-state index contributed by atoms with van der Waals surface area (Å²) in [6.07, 6.45) is 0. The lowest BCUT2D eigenvalue weighted by Crippen LogP contribution is -2.35. The highest BCUT2D eigenvalue weighted by Gasteiger charge is 2.40. The minimum absolute atomic E-state index is 0.0985. The van der Waals surface area contributed by atoms with E-state index in [1.807, 2.05) is 20.8 Å². The van der Waals surface area contributed by atoms with E-state index in [0.717, 1.165) is 32.7 Å². The topological polar surface area (TPSA) is 32.8 Å². The van der Waals surface area contributed by atoms with E-state index in [1.54, 1.807) is 0 Å². The maximum Gasteiger partial charge on any atom is 0.320 e. The van der Waals surface area contributed by atoms with Gasteiger partial charge >= 0.3 is 5.97 Å². The van der Waals surface area contributed by atoms with E-state index < -0.39 is 0 Å². The second-order valence-corrected chi connectivity index (χ2v) is 7.98. The first-order chi connectivity index (χ1) is 10.9. The van der Waals surface area contributed by atoms with Gasteiger partial charge in [0.25, 0.3) is 0 Å². The zero-order chi connectivity index (χ0) is 16.4. The van der Waals surface area contributed by atoms with Gasteiger partial charge in [0.2, 0.25) is 0 Å². The Bertz CT molecular complexity index is 524. The van der Waals surface area contributed by atoms with Crippen molar-refractivity contribution in [1.29, 1.82) is 0 Å². The van der Waals surface area contributed by atoms with Crippen LogP contribution in [-0.4, -0.2) is 54.1 Å². The number of esters is 1. The third kappa shape index (κ3) is 4.55. The van der Waals surface area contributed by atoms with Crippen LogP contribution in [0.15, 0.2) is 30.3 Å². The van der Waals surface area contributed by atoms with E-state index in [0.29, 0.717) is 18.4 Å². The van der Waals surface area contributed by atoms with Crippen molar-refractivity contribution in [3.63, 3.8) is 0 Å². The summed E-state index contributed by atoms with van der Waals surface area (Å²) < 4.78 is 5.43. The minimum Gasteiger partial charge on any atom is -0.459 e. The van der Waals surface area contributed by atoms with Crippen LogP contribution in [0.1, 0.15) is 26.3 Å². The zero-order valence-corrected chi connectivity index (χ0v) is 14.5. The Morgan fingerprint density at radius 3 is 2.17 bits per heavy atom. The maximum absolute atomic E-state index is 12.0. The molecule has 4 nitrogen and oxygen atoms in total. The van der Waals surface area contributed by atoms with Crippen LogP contribution in [0.2, 0.25) is 0 Å². The summed E-state index contributed by atoms with van der Waals surface area (Å²) in [6, 6.07) is 10.7. The standard InChI is InChI=1S/C19H28N2O2/c1-19(2,3)23-18(22)14-21-12-16-10-20(11-17(16)13-21)9-15-7-5-4-6-8-15/h4-8,16-17H,9-14H2,1-3H3/t16-,17+. The molecule has 0 spiro atoms. The number of fused-ring (bicyclic) bond motifs is 1. The van der Waals surface area contributed by atoms with Crippen LogP contribution in [0.3, 0.4) is 0 Å². The molecule has 2 fully saturated rings. The second-order valence-electron chi connectivity index (χ2n) is 7.98. The Hall–Kier alpha value is -1.39. The van der Waals surface area contributed by atoms with Gasteiger partial charge in [0, 0.05) is 32.7 Å². The van der Waals surface area contributed by atoms with Gasteiger partial charge in [-0.15, -0.1) is 0 Å². The molecule has 4 heteroatoms. The number of rotatable bonds is 4. The molecule has 0 bridgehead atoms. The Morgan fingerprint density at radius 2 is 1.61 bits per heavy atom. The number of hydrogen-bond donors (Lipinski definition) is 0. The van der Waals surface area contributed by atoms with Crippen LogP contribution in [0.25, 0.3) is 0 Å². The van der Waals surface area contributed by atoms with E-state index in [2.05, 4.69) is 40.1 Å². The average Bonchev–Trinajstić information content (AvgIpc) is 2.95. The van der Waals surface area contributed by atoms with Crippen LogP contribution in [0.4, 0.5) is 0 Å². The molecule has 0 aromatic heterocycles. The molecule has 3 rings (SSSR count). The van der Waals surface area contributed by atoms with Crippen molar-refractivity contribution in [2.45, 2.75) is 32.9 Å². The fraction of sp³-hybridized carbons (Fsp3) is 0.632. The molecule has 2 saturated heterocycles. The summed E-state index contributed by atoms with van der Waals surface area (Å²) in [5, 5.41) is 0. The molecular weight excluding hydrogens is 288 g/mol. The predicted octanol–water partition coefficient (Wildman–Crippen LogP) is 2.39. The SMILES string of the molecule is CC(C)(C)OC(=O)CN1C[C@@H]2CN(Cc3ccccc3)C[C@@H]2C1. The molecule has 0 saturated carbocycles. The van der Waals surface area contributed by atoms with Gasteiger partial charge in [-0.3, -0.25) is 14.6 Å². The lowest BCUT2D eigenvalue weighted by atomic mass is 10.0. The van der Waals surface area contributed by atoms with Crippen molar-refractivity contribution >= 4 is 5.97 Å². The number of ether oxygens (including phenoxy) is 1. The molecule has 23 heavy (non-hydrogen) atoms. The number of likely N-dealkylation sites (tertiary alicyclic amines) is 2. The predicted molar refractivity (Wildman–Crippen MR) is 91.0 cm³/mol. The molecule has 2 aliphatic rings. The number of nitrogens with zero attached hydrogens (tertiary/aromatic N) is 2. The van der Waals surface area contributed by atoms with Crippen LogP contribution >= 0.6 is 0 Å². The van der Waals surface area contributed by atoms with E-state index in [4.69, 9.17) is 4.74 Å². The third-order valence-corrected chi connectivity index (χ3v) is 4.66. The van der Waals surface area contributed by atoms with Gasteiger partial charge in [-0.05, 0) is 38.2 Å². The molecule has 2 atom stereocenters. The molecule has 1 aromatic carbocycles. The molecule has 0 aliphatic carbocycles. The molecule has 1 aromatic rings. The van der Waals surface area contributed by atoms with Crippen molar-refractivity contribution in [2.24, 2.45) is 11.8 Å². The molecule has 0 amide bonds. The van der Waals surface area contributed by atoms with Crippen LogP contribution in [0.5, 0.6) is 0 Å². The summed E-state index contributed by atoms with van der Waals surface area (Å²) >= 11 is 0. The van der Waals surface area contributed by atoms with Crippen LogP contribution < -0.4 is 0 Å². The summed E-state index contributed by atoms with van der Waals surface area (Å²) in [6.45, 7) is 11.6. The van der Waals surface area contributed by atoms with Gasteiger partial charge in [0.05, 0.1) is 6.54 Å². The van der Waals surface area contributed by atoms with Gasteiger partial charge in [0.1, 0.15) is 5.60 Å². The highest BCUT2D eigenvalue weighted by atomic mass is 16.6. The van der Waals surface area contributed by atoms with Crippen molar-refractivity contribution < 1.29 is 9.53 Å². The smallest absolute Gasteiger partial charge is 0.320 e. The maximum atomic E-state index is 12.0. The van der Waals surface area contributed by atoms with Gasteiger partial charge in [-0.25, -0.2) is 0 Å². The summed E-state index contributed by atoms with van der Waals surface area (Å²) in [7, 11) is 0. The molecule has 0 N–H and O–H groups in total. The highest BCUT2D eigenvalue weighted by Crippen LogP contribution is 2.31. The molecule has 126 valence electrons. The average molecular weight is 316 g/mol. The monoisotopic (exact) mass is 316 g/mol. The van der Waals surface area contributed by atoms with Gasteiger partial charge in [-0.1, -0.05) is 30.3 Å². The molecule has 0 unspecified atom stereocenters. The molecule has 2 aliphatic heterocycles. The van der Waals surface area contributed by atoms with E-state index in [1.165, 1.54) is 5.56 Å². The Morgan fingerprint density at radius 1 is 1.04 bits per heavy atom. The van der Waals surface area contributed by atoms with E-state index in [-0.39, 0.29) is 11.6 Å². The quantitative estimate of drug-likeness (QED) is 0.799. The summed E-state index contributed by atoms with van der Waals surface area (Å²) in [5.74, 6) is 1.29. The first-order valence-corrected chi connectivity index (χ1v) is 8.59. The van der Waals surface area contributed by atoms with Crippen molar-refractivity contribution in [3.8, 4) is 0 Å². The first kappa shape index (κ1) is 16.5. The summed E-state index contributed by atoms with van der Waals surface area (Å²) in [4.78, 5) is 16.8. The lowest BCUT2D eigenvalue weighted by molar-refractivity contribution is -0.155. The number of hydrogen-bond acceptors (Lipinski definition) is 4. The zero-order valence-electron chi connectivity index (χ0n) is 14.5. The second kappa shape index (κ2) is 6.62. The Kier molecular flexibility index (Phi) is 4.74. The first-order valence-electron chi connectivity index (χ1n) is 8.59. The fourth-order valence-corrected chi connectivity index (χ4v) is 3.84. The Balaban J connectivity index is 1.45. The molecule has 0 radical (unpaired) electrons. The van der Waals surface area contributed by atoms with E-state index in [9.17, 15) is 4.79 Å². The normalized spacial score (nSPS) is 25.5. The van der Waals surface area contributed by atoms with Crippen LogP contribution in [0, 0.1) is 11.8 Å². The summed E-state index contributed by atoms with van der Waals surface area (Å²) in [5.41, 5.74) is 0.997. The Labute approximate surface area is 139 Å². The van der Waals surface area contributed by atoms with Crippen LogP contribution in [-0.2, 0) is 16.1 Å². The minimum atomic E-state index is -0.390. The molecule has 2 heterocycles. The van der Waals surface area contributed by atoms with Gasteiger partial charge in [-0.2, -0.15) is 0 Å². The number of carbonyl (C=O) groups excluding carboxylic acids is 1. The third-order valence-electron chi connectivity index (χ3n) is 4.66. The fourth-order valence-electron chi connectivity index (χ4n) is 3.84. The van der Waals surface area contributed by atoms with Crippen molar-refractivity contribution in [2.75, 3.05) is 32.7 Å². The molecular formula is C19H28N2O2. The largest absolute Gasteiger partial charge is 0.459 e. The van der Waals surface area contributed by atoms with Gasteiger partial charge in [0.15, 0.2) is 0 Å². The highest BCUT2D eigenvalue weighted by molar-refractivity contribution is 5.72. The van der Waals surface area contributed by atoms with Crippen molar-refractivity contribution in [3.05, 3.63) is 35.9 Å². The number of benzene rings is 1. The van der Waals surface area contributed by atoms with Crippen molar-refractivity contribution in [1.82, 2.24) is 9.80 Å².